The molecule has 0 saturated heterocycles. The molecule has 0 aliphatic rings. The molecule has 1 atom stereocenters. The molecule has 0 saturated carbocycles. The summed E-state index contributed by atoms with van der Waals surface area (Å²) in [6.07, 6.45) is -9.91. The Hall–Kier alpha value is -5.34. The lowest BCUT2D eigenvalue weighted by Gasteiger charge is -2.34. The number of alkyl carbamates (subject to hydrolysis) is 1. The Labute approximate surface area is 350 Å². The highest BCUT2D eigenvalue weighted by Gasteiger charge is 2.38. The first kappa shape index (κ1) is 46.7. The Morgan fingerprint density at radius 1 is 0.639 bits per heavy atom. The maximum Gasteiger partial charge on any atom is 0.573 e. The molecule has 0 aliphatic heterocycles. The van der Waals surface area contributed by atoms with Crippen molar-refractivity contribution in [3.8, 4) is 11.5 Å². The number of benzene rings is 5. The van der Waals surface area contributed by atoms with Crippen LogP contribution < -0.4 is 14.8 Å². The number of hydrogen-bond donors (Lipinski definition) is 1. The van der Waals surface area contributed by atoms with Crippen molar-refractivity contribution >= 4 is 13.9 Å². The van der Waals surface area contributed by atoms with Crippen LogP contribution in [0.2, 0.25) is 0 Å². The van der Waals surface area contributed by atoms with Gasteiger partial charge < -0.3 is 19.5 Å². The summed E-state index contributed by atoms with van der Waals surface area (Å²) >= 11 is 0. The number of carbonyl (C=O) groups is 1. The lowest BCUT2D eigenvalue weighted by atomic mass is 9.89. The maximum absolute atomic E-state index is 14.4. The number of alkyl halides is 6. The first-order chi connectivity index (χ1) is 29.1. The van der Waals surface area contributed by atoms with Gasteiger partial charge in [0.05, 0.1) is 37.5 Å². The predicted octanol–water partition coefficient (Wildman–Crippen LogP) is 12.2. The highest BCUT2D eigenvalue weighted by atomic mass is 31.2. The number of carbonyl (C=O) groups excluding carboxylic acids is 1. The van der Waals surface area contributed by atoms with Gasteiger partial charge >= 0.3 is 26.5 Å². The molecule has 61 heavy (non-hydrogen) atoms. The summed E-state index contributed by atoms with van der Waals surface area (Å²) in [5.41, 5.74) is 0.462. The Balaban J connectivity index is 1.31. The molecule has 0 fully saturated rings. The number of amides is 1. The van der Waals surface area contributed by atoms with E-state index in [1.807, 2.05) is 18.2 Å². The third-order valence-electron chi connectivity index (χ3n) is 9.46. The van der Waals surface area contributed by atoms with Crippen molar-refractivity contribution in [1.82, 2.24) is 5.32 Å². The van der Waals surface area contributed by atoms with Crippen LogP contribution in [0.1, 0.15) is 59.6 Å². The van der Waals surface area contributed by atoms with Crippen LogP contribution in [0.25, 0.3) is 0 Å². The summed E-state index contributed by atoms with van der Waals surface area (Å²) in [6, 6.07) is 35.7. The van der Waals surface area contributed by atoms with E-state index in [1.54, 1.807) is 85.8 Å². The molecule has 1 N–H and O–H groups in total. The number of phosphoric acid groups is 1. The molecule has 5 aromatic rings. The molecule has 326 valence electrons. The number of rotatable bonds is 22. The Morgan fingerprint density at radius 3 is 1.75 bits per heavy atom. The van der Waals surface area contributed by atoms with E-state index in [-0.39, 0.29) is 64.1 Å². The summed E-state index contributed by atoms with van der Waals surface area (Å²) in [6.45, 7) is 0.829. The second-order valence-electron chi connectivity index (χ2n) is 14.0. The monoisotopic (exact) mass is 873 g/mol. The number of nitrogens with one attached hydrogen (secondary N) is 1. The van der Waals surface area contributed by atoms with Gasteiger partial charge in [0.2, 0.25) is 0 Å². The number of aryl methyl sites for hydroxylation is 2. The van der Waals surface area contributed by atoms with Gasteiger partial charge in [-0.2, -0.15) is 13.2 Å². The Morgan fingerprint density at radius 2 is 1.20 bits per heavy atom. The van der Waals surface area contributed by atoms with Crippen molar-refractivity contribution in [2.45, 2.75) is 76.9 Å². The van der Waals surface area contributed by atoms with Gasteiger partial charge in [0.1, 0.15) is 18.1 Å². The fourth-order valence-electron chi connectivity index (χ4n) is 6.10. The minimum atomic E-state index is -4.86. The van der Waals surface area contributed by atoms with Gasteiger partial charge in [-0.1, -0.05) is 116 Å². The molecule has 9 nitrogen and oxygen atoms in total. The predicted molar refractivity (Wildman–Crippen MR) is 216 cm³/mol. The average molecular weight is 874 g/mol. The Bertz CT molecular complexity index is 2110. The van der Waals surface area contributed by atoms with Crippen LogP contribution in [0, 0.1) is 0 Å². The number of phosphoric ester groups is 1. The normalized spacial score (nSPS) is 13.0. The van der Waals surface area contributed by atoms with Gasteiger partial charge in [-0.25, -0.2) is 9.36 Å². The second kappa shape index (κ2) is 22.0. The van der Waals surface area contributed by atoms with E-state index in [0.29, 0.717) is 16.7 Å². The van der Waals surface area contributed by atoms with Crippen molar-refractivity contribution in [3.63, 3.8) is 0 Å². The van der Waals surface area contributed by atoms with Crippen LogP contribution in [0.3, 0.4) is 0 Å². The zero-order valence-corrected chi connectivity index (χ0v) is 34.1. The molecular weight excluding hydrogens is 827 g/mol. The molecular formula is C45H46F6NO8P. The van der Waals surface area contributed by atoms with Crippen molar-refractivity contribution in [2.24, 2.45) is 0 Å². The first-order valence-electron chi connectivity index (χ1n) is 19.4. The van der Waals surface area contributed by atoms with E-state index in [0.717, 1.165) is 17.7 Å². The number of hydrogen-bond acceptors (Lipinski definition) is 8. The SMILES string of the molecule is CC[C@@](CCc1ccc(OCCCc2cccc(OC(F)(F)F)c2)c(C(F)(F)F)c1)(COP(=O)(OCc1ccccc1)OCc1ccccc1)NC(=O)OCc1ccccc1. The van der Waals surface area contributed by atoms with E-state index in [1.165, 1.54) is 24.3 Å². The topological polar surface area (TPSA) is 102 Å². The molecule has 5 rings (SSSR count). The van der Waals surface area contributed by atoms with Gasteiger partial charge in [-0.3, -0.25) is 13.6 Å². The zero-order chi connectivity index (χ0) is 43.8. The van der Waals surface area contributed by atoms with Crippen LogP contribution in [0.15, 0.2) is 133 Å². The van der Waals surface area contributed by atoms with Gasteiger partial charge in [-0.05, 0) is 84.2 Å². The van der Waals surface area contributed by atoms with Crippen LogP contribution in [-0.2, 0) is 61.7 Å². The summed E-state index contributed by atoms with van der Waals surface area (Å²) in [4.78, 5) is 13.3. The quantitative estimate of drug-likeness (QED) is 0.0417. The summed E-state index contributed by atoms with van der Waals surface area (Å²) in [7, 11) is -4.35. The molecule has 0 radical (unpaired) electrons. The largest absolute Gasteiger partial charge is 0.573 e. The lowest BCUT2D eigenvalue weighted by molar-refractivity contribution is -0.274. The van der Waals surface area contributed by atoms with Crippen molar-refractivity contribution in [2.75, 3.05) is 13.2 Å². The summed E-state index contributed by atoms with van der Waals surface area (Å²) in [5, 5.41) is 2.83. The molecule has 0 bridgehead atoms. The van der Waals surface area contributed by atoms with Crippen molar-refractivity contribution < 1.29 is 63.5 Å². The van der Waals surface area contributed by atoms with E-state index >= 15 is 0 Å². The molecule has 1 amide bonds. The average Bonchev–Trinajstić information content (AvgIpc) is 3.24. The van der Waals surface area contributed by atoms with Gasteiger partial charge in [-0.15, -0.1) is 13.2 Å². The van der Waals surface area contributed by atoms with Crippen LogP contribution >= 0.6 is 7.82 Å². The summed E-state index contributed by atoms with van der Waals surface area (Å²) < 4.78 is 128. The molecule has 0 spiro atoms. The standard InChI is InChI=1S/C45H46F6NO8P/c1-2-43(52-42(53)56-30-36-14-6-3-7-15-36,33-59-61(54,57-31-37-16-8-4-9-17-37)58-32-38-18-10-5-11-19-38)26-25-35-23-24-41(40(29-35)44(46,47)48)55-27-13-21-34-20-12-22-39(28-34)60-45(49,50)51/h3-12,14-20,22-24,28-29H,2,13,21,25-27,30-33H2,1H3,(H,52,53)/t43-/m1/s1. The van der Waals surface area contributed by atoms with Crippen LogP contribution in [0.4, 0.5) is 31.1 Å². The molecule has 16 heteroatoms. The van der Waals surface area contributed by atoms with Gasteiger partial charge in [0.15, 0.2) is 0 Å². The molecule has 0 aliphatic carbocycles. The van der Waals surface area contributed by atoms with Gasteiger partial charge in [0.25, 0.3) is 0 Å². The molecule has 0 unspecified atom stereocenters. The van der Waals surface area contributed by atoms with E-state index in [2.05, 4.69) is 10.1 Å². The van der Waals surface area contributed by atoms with E-state index < -0.39 is 55.7 Å². The Kier molecular flexibility index (Phi) is 16.8. The molecule has 5 aromatic carbocycles. The number of ether oxygens (including phenoxy) is 3. The number of halogens is 6. The smallest absolute Gasteiger partial charge is 0.493 e. The molecule has 0 heterocycles. The fraction of sp³-hybridized carbons (Fsp3) is 0.311. The maximum atomic E-state index is 14.4. The van der Waals surface area contributed by atoms with Gasteiger partial charge in [0, 0.05) is 0 Å². The third kappa shape index (κ3) is 15.9. The molecule has 0 aromatic heterocycles. The minimum Gasteiger partial charge on any atom is -0.493 e. The fourth-order valence-corrected chi connectivity index (χ4v) is 7.35. The van der Waals surface area contributed by atoms with Crippen LogP contribution in [0.5, 0.6) is 11.5 Å². The lowest BCUT2D eigenvalue weighted by Crippen LogP contribution is -2.52. The van der Waals surface area contributed by atoms with E-state index in [4.69, 9.17) is 23.0 Å². The summed E-state index contributed by atoms with van der Waals surface area (Å²) in [5.74, 6) is -0.828. The first-order valence-corrected chi connectivity index (χ1v) is 20.9. The minimum absolute atomic E-state index is 0.00406. The van der Waals surface area contributed by atoms with Crippen LogP contribution in [-0.4, -0.2) is 31.2 Å². The zero-order valence-electron chi connectivity index (χ0n) is 33.3. The highest BCUT2D eigenvalue weighted by Crippen LogP contribution is 2.52. The van der Waals surface area contributed by atoms with Crippen molar-refractivity contribution in [3.05, 3.63) is 167 Å². The highest BCUT2D eigenvalue weighted by molar-refractivity contribution is 7.48. The van der Waals surface area contributed by atoms with E-state index in [9.17, 15) is 35.7 Å². The third-order valence-corrected chi connectivity index (χ3v) is 10.8. The van der Waals surface area contributed by atoms with Crippen molar-refractivity contribution in [1.29, 1.82) is 0 Å². The second-order valence-corrected chi connectivity index (χ2v) is 15.7.